The predicted molar refractivity (Wildman–Crippen MR) is 100 cm³/mol. The molecule has 0 heterocycles. The van der Waals surface area contributed by atoms with Crippen molar-refractivity contribution in [1.29, 1.82) is 0 Å². The third-order valence-corrected chi connectivity index (χ3v) is 4.08. The van der Waals surface area contributed by atoms with Crippen molar-refractivity contribution < 1.29 is 19.8 Å². The van der Waals surface area contributed by atoms with E-state index in [-0.39, 0.29) is 0 Å². The lowest BCUT2D eigenvalue weighted by atomic mass is 9.93. The third kappa shape index (κ3) is 15.3. The zero-order valence-corrected chi connectivity index (χ0v) is 15.8. The zero-order chi connectivity index (χ0) is 19.0. The van der Waals surface area contributed by atoms with E-state index in [0.29, 0.717) is 29.9 Å². The Morgan fingerprint density at radius 3 is 1.71 bits per heavy atom. The van der Waals surface area contributed by atoms with Crippen LogP contribution in [0, 0.1) is 5.92 Å². The summed E-state index contributed by atoms with van der Waals surface area (Å²) in [7, 11) is 0. The highest BCUT2D eigenvalue weighted by Crippen LogP contribution is 2.20. The van der Waals surface area contributed by atoms with Crippen molar-refractivity contribution in [2.75, 3.05) is 0 Å². The molecule has 1 atom stereocenters. The van der Waals surface area contributed by atoms with Crippen molar-refractivity contribution in [2.45, 2.75) is 85.0 Å². The van der Waals surface area contributed by atoms with E-state index in [1.54, 1.807) is 0 Å². The van der Waals surface area contributed by atoms with E-state index in [0.717, 1.165) is 32.1 Å². The maximum Gasteiger partial charge on any atom is 0.330 e. The Labute approximate surface area is 147 Å². The van der Waals surface area contributed by atoms with Crippen molar-refractivity contribution in [3.63, 3.8) is 0 Å². The van der Waals surface area contributed by atoms with Gasteiger partial charge in [0.15, 0.2) is 0 Å². The maximum atomic E-state index is 10.5. The fourth-order valence-corrected chi connectivity index (χ4v) is 2.23. The summed E-state index contributed by atoms with van der Waals surface area (Å²) in [6.45, 7) is 13.4. The van der Waals surface area contributed by atoms with Crippen LogP contribution in [0.1, 0.15) is 85.0 Å². The van der Waals surface area contributed by atoms with Crippen LogP contribution in [0.15, 0.2) is 24.3 Å². The molecule has 0 fully saturated rings. The van der Waals surface area contributed by atoms with Gasteiger partial charge in [0.25, 0.3) is 0 Å². The van der Waals surface area contributed by atoms with Crippen LogP contribution < -0.4 is 0 Å². The molecule has 4 heteroatoms. The van der Waals surface area contributed by atoms with E-state index in [1.807, 2.05) is 0 Å². The highest BCUT2D eigenvalue weighted by atomic mass is 16.4. The minimum Gasteiger partial charge on any atom is -0.478 e. The van der Waals surface area contributed by atoms with E-state index in [9.17, 15) is 9.59 Å². The number of carboxylic acid groups (broad SMARTS) is 2. The molecule has 0 amide bonds. The fraction of sp³-hybridized carbons (Fsp3) is 0.700. The molecule has 0 aliphatic heterocycles. The van der Waals surface area contributed by atoms with Gasteiger partial charge in [-0.15, -0.1) is 0 Å². The molecule has 140 valence electrons. The molecule has 4 nitrogen and oxygen atoms in total. The lowest BCUT2D eigenvalue weighted by Gasteiger charge is -2.13. The van der Waals surface area contributed by atoms with Crippen LogP contribution in [0.3, 0.4) is 0 Å². The smallest absolute Gasteiger partial charge is 0.330 e. The standard InChI is InChI=1S/C12H22O2.C8H14O2/c1-4-6-7-11(5-2)9-8-10(3)12(13)14;1-3-4-5-6-7(2)8(9)10/h11H,3-9H2,1-2H3,(H,13,14);2-6H2,1H3,(H,9,10). The Morgan fingerprint density at radius 2 is 1.29 bits per heavy atom. The summed E-state index contributed by atoms with van der Waals surface area (Å²) >= 11 is 0. The molecule has 0 aliphatic carbocycles. The van der Waals surface area contributed by atoms with E-state index in [2.05, 4.69) is 33.9 Å². The van der Waals surface area contributed by atoms with Gasteiger partial charge >= 0.3 is 11.9 Å². The van der Waals surface area contributed by atoms with Crippen LogP contribution in [0.5, 0.6) is 0 Å². The summed E-state index contributed by atoms with van der Waals surface area (Å²) in [5.41, 5.74) is 0.674. The van der Waals surface area contributed by atoms with Crippen LogP contribution >= 0.6 is 0 Å². The van der Waals surface area contributed by atoms with Gasteiger partial charge in [-0.2, -0.15) is 0 Å². The molecule has 0 aliphatic rings. The Hall–Kier alpha value is -1.58. The summed E-state index contributed by atoms with van der Waals surface area (Å²) in [4.78, 5) is 20.7. The van der Waals surface area contributed by atoms with Gasteiger partial charge in [0.05, 0.1) is 0 Å². The average molecular weight is 341 g/mol. The summed E-state index contributed by atoms with van der Waals surface area (Å²) in [5, 5.41) is 17.0. The molecular weight excluding hydrogens is 304 g/mol. The van der Waals surface area contributed by atoms with E-state index < -0.39 is 11.9 Å². The summed E-state index contributed by atoms with van der Waals surface area (Å²) in [6, 6.07) is 0. The average Bonchev–Trinajstić information content (AvgIpc) is 2.55. The van der Waals surface area contributed by atoms with Gasteiger partial charge in [-0.05, 0) is 31.6 Å². The highest BCUT2D eigenvalue weighted by molar-refractivity contribution is 5.85. The molecule has 2 N–H and O–H groups in total. The molecule has 0 saturated carbocycles. The number of carboxylic acids is 2. The van der Waals surface area contributed by atoms with Gasteiger partial charge in [-0.3, -0.25) is 0 Å². The number of unbranched alkanes of at least 4 members (excludes halogenated alkanes) is 3. The molecular formula is C20H36O4. The first kappa shape index (κ1) is 24.7. The Balaban J connectivity index is 0. The Kier molecular flexibility index (Phi) is 16.7. The topological polar surface area (TPSA) is 74.6 Å². The summed E-state index contributed by atoms with van der Waals surface area (Å²) in [6.07, 6.45) is 10.2. The molecule has 1 unspecified atom stereocenters. The normalized spacial score (nSPS) is 11.1. The van der Waals surface area contributed by atoms with Crippen LogP contribution in [0.25, 0.3) is 0 Å². The molecule has 0 saturated heterocycles. The van der Waals surface area contributed by atoms with Crippen LogP contribution in [-0.2, 0) is 9.59 Å². The molecule has 24 heavy (non-hydrogen) atoms. The maximum absolute atomic E-state index is 10.5. The number of aliphatic carboxylic acids is 2. The lowest BCUT2D eigenvalue weighted by Crippen LogP contribution is -2.04. The zero-order valence-electron chi connectivity index (χ0n) is 15.8. The lowest BCUT2D eigenvalue weighted by molar-refractivity contribution is -0.133. The van der Waals surface area contributed by atoms with Crippen LogP contribution in [0.4, 0.5) is 0 Å². The first-order chi connectivity index (χ1) is 11.3. The van der Waals surface area contributed by atoms with Gasteiger partial charge in [0.1, 0.15) is 0 Å². The van der Waals surface area contributed by atoms with Gasteiger partial charge in [0.2, 0.25) is 0 Å². The number of rotatable bonds is 13. The van der Waals surface area contributed by atoms with Crippen molar-refractivity contribution >= 4 is 11.9 Å². The minimum absolute atomic E-state index is 0.327. The van der Waals surface area contributed by atoms with Crippen molar-refractivity contribution in [1.82, 2.24) is 0 Å². The molecule has 0 rings (SSSR count). The fourth-order valence-electron chi connectivity index (χ4n) is 2.23. The Bertz CT molecular complexity index is 385. The van der Waals surface area contributed by atoms with Gasteiger partial charge in [-0.1, -0.05) is 72.5 Å². The second-order valence-electron chi connectivity index (χ2n) is 6.23. The van der Waals surface area contributed by atoms with E-state index in [4.69, 9.17) is 10.2 Å². The highest BCUT2D eigenvalue weighted by Gasteiger charge is 2.09. The molecule has 0 bridgehead atoms. The number of carbonyl (C=O) groups is 2. The van der Waals surface area contributed by atoms with E-state index in [1.165, 1.54) is 19.3 Å². The molecule has 0 radical (unpaired) electrons. The molecule has 0 aromatic carbocycles. The molecule has 0 aromatic rings. The van der Waals surface area contributed by atoms with E-state index >= 15 is 0 Å². The van der Waals surface area contributed by atoms with Crippen molar-refractivity contribution in [3.8, 4) is 0 Å². The van der Waals surface area contributed by atoms with Gasteiger partial charge in [0, 0.05) is 11.1 Å². The molecule has 0 aromatic heterocycles. The predicted octanol–water partition coefficient (Wildman–Crippen LogP) is 5.83. The summed E-state index contributed by atoms with van der Waals surface area (Å²) in [5.74, 6) is -1.04. The van der Waals surface area contributed by atoms with Crippen LogP contribution in [-0.4, -0.2) is 22.2 Å². The second kappa shape index (κ2) is 16.3. The largest absolute Gasteiger partial charge is 0.478 e. The first-order valence-electron chi connectivity index (χ1n) is 9.12. The van der Waals surface area contributed by atoms with Gasteiger partial charge < -0.3 is 10.2 Å². The monoisotopic (exact) mass is 340 g/mol. The third-order valence-electron chi connectivity index (χ3n) is 4.08. The quantitative estimate of drug-likeness (QED) is 0.327. The van der Waals surface area contributed by atoms with Crippen molar-refractivity contribution in [2.24, 2.45) is 5.92 Å². The van der Waals surface area contributed by atoms with Gasteiger partial charge in [-0.25, -0.2) is 9.59 Å². The minimum atomic E-state index is -0.865. The Morgan fingerprint density at radius 1 is 0.792 bits per heavy atom. The second-order valence-corrected chi connectivity index (χ2v) is 6.23. The summed E-state index contributed by atoms with van der Waals surface area (Å²) < 4.78 is 0. The SMILES string of the molecule is C=C(CCC(CC)CCCC)C(=O)O.C=C(CCCCC)C(=O)O. The first-order valence-corrected chi connectivity index (χ1v) is 9.12. The number of hydrogen-bond donors (Lipinski definition) is 2. The molecule has 0 spiro atoms. The van der Waals surface area contributed by atoms with Crippen molar-refractivity contribution in [3.05, 3.63) is 24.3 Å². The van der Waals surface area contributed by atoms with Crippen LogP contribution in [0.2, 0.25) is 0 Å². The number of hydrogen-bond acceptors (Lipinski definition) is 2.